The first-order valence-electron chi connectivity index (χ1n) is 5.75. The molecule has 1 unspecified atom stereocenters. The maximum absolute atomic E-state index is 12.1. The molecule has 1 N–H and O–H groups in total. The monoisotopic (exact) mass is 384 g/mol. The quantitative estimate of drug-likeness (QED) is 0.599. The largest absolute Gasteiger partial charge is 0.466 e. The van der Waals surface area contributed by atoms with E-state index >= 15 is 0 Å². The van der Waals surface area contributed by atoms with E-state index in [1.165, 1.54) is 6.07 Å². The molecule has 1 heterocycles. The van der Waals surface area contributed by atoms with Crippen molar-refractivity contribution in [2.75, 3.05) is 6.61 Å². The van der Waals surface area contributed by atoms with Crippen molar-refractivity contribution in [2.45, 2.75) is 31.2 Å². The number of ether oxygens (including phenoxy) is 1. The lowest BCUT2D eigenvalue weighted by atomic mass is 10.3. The van der Waals surface area contributed by atoms with Crippen molar-refractivity contribution in [3.05, 3.63) is 21.9 Å². The van der Waals surface area contributed by atoms with Crippen LogP contribution in [-0.4, -0.2) is 32.0 Å². The summed E-state index contributed by atoms with van der Waals surface area (Å²) >= 11 is 8.81. The van der Waals surface area contributed by atoms with Gasteiger partial charge in [-0.25, -0.2) is 18.1 Å². The molecule has 0 aliphatic heterocycles. The van der Waals surface area contributed by atoms with Crippen molar-refractivity contribution >= 4 is 43.5 Å². The van der Waals surface area contributed by atoms with Crippen LogP contribution in [0.4, 0.5) is 0 Å². The van der Waals surface area contributed by atoms with Crippen molar-refractivity contribution in [1.82, 2.24) is 9.71 Å². The molecule has 9 heteroatoms. The standard InChI is InChI=1S/C11H14BrClN2O4S/c1-3-19-10(16)4-7(2)15-20(17,18)8-5-9(12)11(13)14-6-8/h5-7,15H,3-4H2,1-2H3. The van der Waals surface area contributed by atoms with Crippen LogP contribution >= 0.6 is 27.5 Å². The van der Waals surface area contributed by atoms with Crippen LogP contribution in [0.3, 0.4) is 0 Å². The lowest BCUT2D eigenvalue weighted by Gasteiger charge is -2.13. The highest BCUT2D eigenvalue weighted by molar-refractivity contribution is 9.10. The Balaban J connectivity index is 2.79. The Morgan fingerprint density at radius 2 is 2.25 bits per heavy atom. The molecule has 6 nitrogen and oxygen atoms in total. The van der Waals surface area contributed by atoms with Gasteiger partial charge in [-0.2, -0.15) is 0 Å². The molecule has 0 bridgehead atoms. The number of nitrogens with one attached hydrogen (secondary N) is 1. The van der Waals surface area contributed by atoms with Gasteiger partial charge in [-0.3, -0.25) is 4.79 Å². The lowest BCUT2D eigenvalue weighted by Crippen LogP contribution is -2.34. The zero-order valence-corrected chi connectivity index (χ0v) is 14.0. The van der Waals surface area contributed by atoms with Gasteiger partial charge in [0.15, 0.2) is 0 Å². The first-order chi connectivity index (χ1) is 9.26. The third-order valence-corrected chi connectivity index (χ3v) is 4.91. The molecular formula is C11H14BrClN2O4S. The molecule has 0 fully saturated rings. The van der Waals surface area contributed by atoms with Crippen LogP contribution in [0.1, 0.15) is 20.3 Å². The van der Waals surface area contributed by atoms with Crippen molar-refractivity contribution in [3.63, 3.8) is 0 Å². The number of hydrogen-bond acceptors (Lipinski definition) is 5. The highest BCUT2D eigenvalue weighted by atomic mass is 79.9. The molecule has 0 aromatic carbocycles. The molecule has 20 heavy (non-hydrogen) atoms. The van der Waals surface area contributed by atoms with Gasteiger partial charge >= 0.3 is 5.97 Å². The van der Waals surface area contributed by atoms with Gasteiger partial charge < -0.3 is 4.74 Å². The summed E-state index contributed by atoms with van der Waals surface area (Å²) in [6, 6.07) is 0.753. The predicted molar refractivity (Wildman–Crippen MR) is 78.0 cm³/mol. The summed E-state index contributed by atoms with van der Waals surface area (Å²) in [7, 11) is -3.77. The molecule has 0 amide bonds. The van der Waals surface area contributed by atoms with Crippen molar-refractivity contribution in [3.8, 4) is 0 Å². The van der Waals surface area contributed by atoms with Crippen LogP contribution in [0.15, 0.2) is 21.6 Å². The maximum atomic E-state index is 12.1. The third kappa shape index (κ3) is 5.01. The smallest absolute Gasteiger partial charge is 0.307 e. The van der Waals surface area contributed by atoms with Crippen LogP contribution in [0, 0.1) is 0 Å². The molecular weight excluding hydrogens is 372 g/mol. The fourth-order valence-corrected chi connectivity index (χ4v) is 3.21. The van der Waals surface area contributed by atoms with Crippen LogP contribution in [0.5, 0.6) is 0 Å². The summed E-state index contributed by atoms with van der Waals surface area (Å²) in [5, 5.41) is 0.170. The van der Waals surface area contributed by atoms with Gasteiger partial charge in [0.2, 0.25) is 10.0 Å². The van der Waals surface area contributed by atoms with Gasteiger partial charge in [0, 0.05) is 12.2 Å². The van der Waals surface area contributed by atoms with Crippen LogP contribution in [0.25, 0.3) is 0 Å². The number of carbonyl (C=O) groups is 1. The van der Waals surface area contributed by atoms with E-state index < -0.39 is 22.0 Å². The van der Waals surface area contributed by atoms with Gasteiger partial charge in [0.1, 0.15) is 10.0 Å². The first-order valence-corrected chi connectivity index (χ1v) is 8.40. The zero-order valence-electron chi connectivity index (χ0n) is 10.9. The third-order valence-electron chi connectivity index (χ3n) is 2.22. The van der Waals surface area contributed by atoms with Gasteiger partial charge in [0.05, 0.1) is 17.5 Å². The fourth-order valence-electron chi connectivity index (χ4n) is 1.40. The topological polar surface area (TPSA) is 85.4 Å². The number of esters is 1. The molecule has 112 valence electrons. The molecule has 0 aliphatic carbocycles. The Bertz CT molecular complexity index is 594. The molecule has 1 aromatic heterocycles. The SMILES string of the molecule is CCOC(=O)CC(C)NS(=O)(=O)c1cnc(Cl)c(Br)c1. The lowest BCUT2D eigenvalue weighted by molar-refractivity contribution is -0.143. The van der Waals surface area contributed by atoms with Crippen molar-refractivity contribution < 1.29 is 17.9 Å². The van der Waals surface area contributed by atoms with Gasteiger partial charge in [-0.05, 0) is 35.8 Å². The Kier molecular flexibility index (Phi) is 6.38. The van der Waals surface area contributed by atoms with E-state index in [0.717, 1.165) is 6.20 Å². The van der Waals surface area contributed by atoms with E-state index in [4.69, 9.17) is 16.3 Å². The Morgan fingerprint density at radius 1 is 1.60 bits per heavy atom. The highest BCUT2D eigenvalue weighted by Gasteiger charge is 2.20. The molecule has 0 saturated carbocycles. The van der Waals surface area contributed by atoms with E-state index in [9.17, 15) is 13.2 Å². The highest BCUT2D eigenvalue weighted by Crippen LogP contribution is 2.22. The van der Waals surface area contributed by atoms with Gasteiger partial charge in [0.25, 0.3) is 0 Å². The van der Waals surface area contributed by atoms with Crippen molar-refractivity contribution in [2.24, 2.45) is 0 Å². The number of nitrogens with zero attached hydrogens (tertiary/aromatic N) is 1. The van der Waals surface area contributed by atoms with E-state index in [0.29, 0.717) is 4.47 Å². The summed E-state index contributed by atoms with van der Waals surface area (Å²) in [6.07, 6.45) is 1.10. The Labute approximate surface area is 131 Å². The summed E-state index contributed by atoms with van der Waals surface area (Å²) in [6.45, 7) is 3.52. The van der Waals surface area contributed by atoms with Crippen LogP contribution in [0.2, 0.25) is 5.15 Å². The summed E-state index contributed by atoms with van der Waals surface area (Å²) in [5.74, 6) is -0.460. The van der Waals surface area contributed by atoms with Crippen LogP contribution < -0.4 is 4.72 Å². The summed E-state index contributed by atoms with van der Waals surface area (Å²) in [5.41, 5.74) is 0. The number of halogens is 2. The fraction of sp³-hybridized carbons (Fsp3) is 0.455. The predicted octanol–water partition coefficient (Wildman–Crippen LogP) is 2.12. The molecule has 1 rings (SSSR count). The van der Waals surface area contributed by atoms with E-state index in [-0.39, 0.29) is 23.1 Å². The van der Waals surface area contributed by atoms with E-state index in [2.05, 4.69) is 25.6 Å². The molecule has 0 aliphatic rings. The minimum Gasteiger partial charge on any atom is -0.466 e. The average Bonchev–Trinajstić information content (AvgIpc) is 2.31. The van der Waals surface area contributed by atoms with Gasteiger partial charge in [-0.15, -0.1) is 0 Å². The minimum absolute atomic E-state index is 0.0375. The summed E-state index contributed by atoms with van der Waals surface area (Å²) < 4.78 is 31.7. The Hall–Kier alpha value is -0.700. The number of aromatic nitrogens is 1. The summed E-state index contributed by atoms with van der Waals surface area (Å²) in [4.78, 5) is 15.0. The second-order valence-corrected chi connectivity index (χ2v) is 6.90. The molecule has 0 spiro atoms. The number of rotatable bonds is 6. The number of carbonyl (C=O) groups excluding carboxylic acids is 1. The van der Waals surface area contributed by atoms with Crippen LogP contribution in [-0.2, 0) is 19.6 Å². The zero-order chi connectivity index (χ0) is 15.3. The molecule has 1 atom stereocenters. The number of sulfonamides is 1. The maximum Gasteiger partial charge on any atom is 0.307 e. The normalized spacial score (nSPS) is 13.0. The molecule has 1 aromatic rings. The average molecular weight is 386 g/mol. The number of hydrogen-bond donors (Lipinski definition) is 1. The second kappa shape index (κ2) is 7.35. The second-order valence-electron chi connectivity index (χ2n) is 3.98. The Morgan fingerprint density at radius 3 is 2.80 bits per heavy atom. The first kappa shape index (κ1) is 17.4. The van der Waals surface area contributed by atoms with Crippen molar-refractivity contribution in [1.29, 1.82) is 0 Å². The van der Waals surface area contributed by atoms with E-state index in [1.54, 1.807) is 13.8 Å². The number of pyridine rings is 1. The molecule has 0 radical (unpaired) electrons. The van der Waals surface area contributed by atoms with E-state index in [1.807, 2.05) is 0 Å². The van der Waals surface area contributed by atoms with Gasteiger partial charge in [-0.1, -0.05) is 11.6 Å². The molecule has 0 saturated heterocycles. The minimum atomic E-state index is -3.77.